The molecule has 4 nitrogen and oxygen atoms in total. The van der Waals surface area contributed by atoms with Crippen LogP contribution in [0.3, 0.4) is 0 Å². The Balaban J connectivity index is 3.08. The summed E-state index contributed by atoms with van der Waals surface area (Å²) in [6.45, 7) is 7.42. The van der Waals surface area contributed by atoms with Crippen molar-refractivity contribution in [3.05, 3.63) is 12.2 Å². The average Bonchev–Trinajstić information content (AvgIpc) is 2.30. The molecule has 0 aromatic carbocycles. The van der Waals surface area contributed by atoms with Crippen LogP contribution in [0.5, 0.6) is 0 Å². The van der Waals surface area contributed by atoms with Crippen LogP contribution in [0.25, 0.3) is 0 Å². The van der Waals surface area contributed by atoms with Gasteiger partial charge in [-0.05, 0) is 27.7 Å². The first-order valence-corrected chi connectivity index (χ1v) is 4.05. The minimum absolute atomic E-state index is 0.230. The second-order valence-corrected chi connectivity index (χ2v) is 3.68. The monoisotopic (exact) mass is 169 g/mol. The normalized spacial score (nSPS) is 12.5. The van der Waals surface area contributed by atoms with Gasteiger partial charge in [-0.3, -0.25) is 0 Å². The van der Waals surface area contributed by atoms with Crippen LogP contribution in [0.4, 0.5) is 0 Å². The van der Waals surface area contributed by atoms with Gasteiger partial charge in [0.05, 0.1) is 0 Å². The summed E-state index contributed by atoms with van der Waals surface area (Å²) in [6.07, 6.45) is 1.47. The van der Waals surface area contributed by atoms with E-state index in [2.05, 4.69) is 10.1 Å². The van der Waals surface area contributed by atoms with Crippen molar-refractivity contribution in [2.75, 3.05) is 0 Å². The average molecular weight is 169 g/mol. The molecule has 1 heterocycles. The summed E-state index contributed by atoms with van der Waals surface area (Å²) in [5, 5.41) is 13.7. The highest BCUT2D eigenvalue weighted by Crippen LogP contribution is 2.18. The van der Waals surface area contributed by atoms with Crippen LogP contribution in [-0.4, -0.2) is 19.9 Å². The summed E-state index contributed by atoms with van der Waals surface area (Å²) in [4.78, 5) is 4.01. The third-order valence-electron chi connectivity index (χ3n) is 1.61. The summed E-state index contributed by atoms with van der Waals surface area (Å²) in [5.74, 6) is 0.609. The van der Waals surface area contributed by atoms with E-state index in [9.17, 15) is 5.11 Å². The molecule has 0 amide bonds. The fourth-order valence-corrected chi connectivity index (χ4v) is 1.07. The Kier molecular flexibility index (Phi) is 2.19. The quantitative estimate of drug-likeness (QED) is 0.721. The minimum Gasteiger partial charge on any atom is -0.382 e. The van der Waals surface area contributed by atoms with Crippen molar-refractivity contribution in [1.29, 1.82) is 0 Å². The fourth-order valence-electron chi connectivity index (χ4n) is 1.07. The molecule has 0 radical (unpaired) electrons. The van der Waals surface area contributed by atoms with E-state index in [1.807, 2.05) is 13.8 Å². The Morgan fingerprint density at radius 1 is 1.50 bits per heavy atom. The molecule has 0 aliphatic heterocycles. The van der Waals surface area contributed by atoms with Gasteiger partial charge in [0.15, 0.2) is 5.82 Å². The summed E-state index contributed by atoms with van der Waals surface area (Å²) in [7, 11) is 0. The van der Waals surface area contributed by atoms with E-state index in [0.717, 1.165) is 0 Å². The zero-order chi connectivity index (χ0) is 9.35. The molecule has 1 aromatic heterocycles. The molecule has 68 valence electrons. The molecular formula is C8H15N3O. The van der Waals surface area contributed by atoms with Crippen molar-refractivity contribution < 1.29 is 5.11 Å². The molecule has 0 saturated carbocycles. The van der Waals surface area contributed by atoms with E-state index < -0.39 is 5.60 Å². The SMILES string of the molecule is CC(C)n1ncnc1C(C)(C)O. The van der Waals surface area contributed by atoms with E-state index in [4.69, 9.17) is 0 Å². The second kappa shape index (κ2) is 2.86. The maximum Gasteiger partial charge on any atom is 0.158 e. The van der Waals surface area contributed by atoms with Gasteiger partial charge in [0, 0.05) is 6.04 Å². The van der Waals surface area contributed by atoms with Gasteiger partial charge in [-0.25, -0.2) is 9.67 Å². The van der Waals surface area contributed by atoms with E-state index in [0.29, 0.717) is 5.82 Å². The largest absolute Gasteiger partial charge is 0.382 e. The van der Waals surface area contributed by atoms with Crippen molar-refractivity contribution in [2.45, 2.75) is 39.3 Å². The number of nitrogens with zero attached hydrogens (tertiary/aromatic N) is 3. The summed E-state index contributed by atoms with van der Waals surface area (Å²) < 4.78 is 1.72. The first-order chi connectivity index (χ1) is 5.43. The standard InChI is InChI=1S/C8H15N3O/c1-6(2)11-7(8(3,4)12)9-5-10-11/h5-6,12H,1-4H3. The predicted octanol–water partition coefficient (Wildman–Crippen LogP) is 1.09. The molecule has 1 rings (SSSR count). The van der Waals surface area contributed by atoms with Gasteiger partial charge in [-0.15, -0.1) is 0 Å². The highest BCUT2D eigenvalue weighted by atomic mass is 16.3. The molecule has 0 spiro atoms. The predicted molar refractivity (Wildman–Crippen MR) is 45.7 cm³/mol. The Morgan fingerprint density at radius 3 is 2.42 bits per heavy atom. The van der Waals surface area contributed by atoms with Crippen LogP contribution in [0.2, 0.25) is 0 Å². The van der Waals surface area contributed by atoms with Gasteiger partial charge in [-0.2, -0.15) is 5.10 Å². The first kappa shape index (κ1) is 9.19. The lowest BCUT2D eigenvalue weighted by Gasteiger charge is -2.18. The van der Waals surface area contributed by atoms with Crippen molar-refractivity contribution in [2.24, 2.45) is 0 Å². The van der Waals surface area contributed by atoms with Gasteiger partial charge in [0.2, 0.25) is 0 Å². The van der Waals surface area contributed by atoms with Crippen LogP contribution in [0.15, 0.2) is 6.33 Å². The third kappa shape index (κ3) is 1.64. The van der Waals surface area contributed by atoms with Crippen LogP contribution < -0.4 is 0 Å². The Morgan fingerprint density at radius 2 is 2.08 bits per heavy atom. The topological polar surface area (TPSA) is 50.9 Å². The molecule has 0 fully saturated rings. The number of aliphatic hydroxyl groups is 1. The van der Waals surface area contributed by atoms with Gasteiger partial charge in [0.25, 0.3) is 0 Å². The van der Waals surface area contributed by atoms with E-state index in [-0.39, 0.29) is 6.04 Å². The molecule has 0 unspecified atom stereocenters. The number of hydrogen-bond acceptors (Lipinski definition) is 3. The van der Waals surface area contributed by atoms with E-state index in [1.54, 1.807) is 18.5 Å². The zero-order valence-electron chi connectivity index (χ0n) is 7.94. The number of aromatic nitrogens is 3. The van der Waals surface area contributed by atoms with Crippen LogP contribution in [0.1, 0.15) is 39.6 Å². The molecular weight excluding hydrogens is 154 g/mol. The summed E-state index contributed by atoms with van der Waals surface area (Å²) in [6, 6.07) is 0.230. The molecule has 0 aliphatic carbocycles. The number of rotatable bonds is 2. The highest BCUT2D eigenvalue weighted by molar-refractivity contribution is 4.97. The van der Waals surface area contributed by atoms with Crippen LogP contribution in [-0.2, 0) is 5.60 Å². The maximum absolute atomic E-state index is 9.68. The maximum atomic E-state index is 9.68. The zero-order valence-corrected chi connectivity index (χ0v) is 7.94. The Bertz CT molecular complexity index is 260. The van der Waals surface area contributed by atoms with Crippen LogP contribution >= 0.6 is 0 Å². The lowest BCUT2D eigenvalue weighted by Crippen LogP contribution is -2.23. The number of hydrogen-bond donors (Lipinski definition) is 1. The highest BCUT2D eigenvalue weighted by Gasteiger charge is 2.23. The van der Waals surface area contributed by atoms with E-state index in [1.165, 1.54) is 6.33 Å². The smallest absolute Gasteiger partial charge is 0.158 e. The Hall–Kier alpha value is -0.900. The lowest BCUT2D eigenvalue weighted by atomic mass is 10.1. The van der Waals surface area contributed by atoms with Crippen molar-refractivity contribution >= 4 is 0 Å². The van der Waals surface area contributed by atoms with Crippen molar-refractivity contribution in [3.8, 4) is 0 Å². The molecule has 4 heteroatoms. The minimum atomic E-state index is -0.916. The molecule has 0 atom stereocenters. The molecule has 0 aliphatic rings. The molecule has 12 heavy (non-hydrogen) atoms. The third-order valence-corrected chi connectivity index (χ3v) is 1.61. The van der Waals surface area contributed by atoms with Crippen LogP contribution in [0, 0.1) is 0 Å². The van der Waals surface area contributed by atoms with Gasteiger partial charge in [-0.1, -0.05) is 0 Å². The second-order valence-electron chi connectivity index (χ2n) is 3.68. The van der Waals surface area contributed by atoms with Gasteiger partial charge < -0.3 is 5.11 Å². The molecule has 1 aromatic rings. The molecule has 0 saturated heterocycles. The fraction of sp³-hybridized carbons (Fsp3) is 0.750. The Labute approximate surface area is 72.2 Å². The first-order valence-electron chi connectivity index (χ1n) is 4.05. The summed E-state index contributed by atoms with van der Waals surface area (Å²) >= 11 is 0. The van der Waals surface area contributed by atoms with Gasteiger partial charge >= 0.3 is 0 Å². The van der Waals surface area contributed by atoms with Crippen molar-refractivity contribution in [3.63, 3.8) is 0 Å². The molecule has 0 bridgehead atoms. The lowest BCUT2D eigenvalue weighted by molar-refractivity contribution is 0.0620. The van der Waals surface area contributed by atoms with E-state index >= 15 is 0 Å². The van der Waals surface area contributed by atoms with Gasteiger partial charge in [0.1, 0.15) is 11.9 Å². The summed E-state index contributed by atoms with van der Waals surface area (Å²) in [5.41, 5.74) is -0.916. The van der Waals surface area contributed by atoms with Crippen molar-refractivity contribution in [1.82, 2.24) is 14.8 Å². The molecule has 1 N–H and O–H groups in total.